The zero-order valence-corrected chi connectivity index (χ0v) is 12.0. The van der Waals surface area contributed by atoms with Crippen LogP contribution in [0.1, 0.15) is 11.1 Å². The quantitative estimate of drug-likeness (QED) is 0.855. The Bertz CT molecular complexity index is 544. The van der Waals surface area contributed by atoms with Crippen LogP contribution < -0.4 is 10.1 Å². The van der Waals surface area contributed by atoms with Crippen LogP contribution in [0.25, 0.3) is 0 Å². The summed E-state index contributed by atoms with van der Waals surface area (Å²) >= 11 is 11.7. The minimum atomic E-state index is 0.369. The van der Waals surface area contributed by atoms with Crippen molar-refractivity contribution in [3.8, 4) is 5.75 Å². The van der Waals surface area contributed by atoms with Crippen LogP contribution in [0, 0.1) is 0 Å². The lowest BCUT2D eigenvalue weighted by molar-refractivity contribution is 0.306. The van der Waals surface area contributed by atoms with E-state index in [1.807, 2.05) is 37.4 Å². The van der Waals surface area contributed by atoms with Crippen LogP contribution >= 0.6 is 23.2 Å². The van der Waals surface area contributed by atoms with Crippen LogP contribution in [0.4, 0.5) is 0 Å². The van der Waals surface area contributed by atoms with Gasteiger partial charge in [-0.15, -0.1) is 0 Å². The number of rotatable bonds is 5. The van der Waals surface area contributed by atoms with Gasteiger partial charge in [-0.05, 0) is 36.9 Å². The van der Waals surface area contributed by atoms with Crippen molar-refractivity contribution in [1.82, 2.24) is 10.3 Å². The molecule has 0 aliphatic heterocycles. The maximum absolute atomic E-state index is 5.98. The fourth-order valence-electron chi connectivity index (χ4n) is 1.62. The van der Waals surface area contributed by atoms with Gasteiger partial charge in [-0.25, -0.2) is 4.98 Å². The molecule has 0 saturated heterocycles. The van der Waals surface area contributed by atoms with E-state index in [-0.39, 0.29) is 0 Å². The average Bonchev–Trinajstić information content (AvgIpc) is 2.40. The molecule has 0 saturated carbocycles. The van der Waals surface area contributed by atoms with E-state index in [4.69, 9.17) is 27.9 Å². The molecule has 100 valence electrons. The van der Waals surface area contributed by atoms with Gasteiger partial charge >= 0.3 is 0 Å². The van der Waals surface area contributed by atoms with Crippen molar-refractivity contribution < 1.29 is 4.74 Å². The Morgan fingerprint density at radius 1 is 1.11 bits per heavy atom. The molecule has 19 heavy (non-hydrogen) atoms. The third kappa shape index (κ3) is 4.10. The van der Waals surface area contributed by atoms with Crippen molar-refractivity contribution in [3.63, 3.8) is 0 Å². The Morgan fingerprint density at radius 2 is 1.84 bits per heavy atom. The van der Waals surface area contributed by atoms with Gasteiger partial charge < -0.3 is 10.1 Å². The molecule has 1 aromatic carbocycles. The maximum Gasteiger partial charge on any atom is 0.137 e. The number of hydrogen-bond donors (Lipinski definition) is 1. The first-order valence-electron chi connectivity index (χ1n) is 5.86. The first-order chi connectivity index (χ1) is 9.19. The molecular weight excluding hydrogens is 283 g/mol. The highest BCUT2D eigenvalue weighted by Crippen LogP contribution is 2.19. The summed E-state index contributed by atoms with van der Waals surface area (Å²) in [6.45, 7) is 1.21. The van der Waals surface area contributed by atoms with Gasteiger partial charge in [0.1, 0.15) is 22.7 Å². The number of pyridine rings is 1. The molecule has 3 nitrogen and oxygen atoms in total. The van der Waals surface area contributed by atoms with E-state index in [0.29, 0.717) is 16.9 Å². The largest absolute Gasteiger partial charge is 0.489 e. The van der Waals surface area contributed by atoms with Crippen molar-refractivity contribution in [1.29, 1.82) is 0 Å². The van der Waals surface area contributed by atoms with Crippen molar-refractivity contribution in [2.24, 2.45) is 0 Å². The van der Waals surface area contributed by atoms with Crippen LogP contribution in [0.2, 0.25) is 10.3 Å². The Balaban J connectivity index is 1.98. The van der Waals surface area contributed by atoms with E-state index in [0.717, 1.165) is 17.9 Å². The van der Waals surface area contributed by atoms with Gasteiger partial charge in [0, 0.05) is 12.1 Å². The van der Waals surface area contributed by atoms with Gasteiger partial charge in [0.2, 0.25) is 0 Å². The fraction of sp³-hybridized carbons (Fsp3) is 0.214. The summed E-state index contributed by atoms with van der Waals surface area (Å²) in [7, 11) is 1.92. The maximum atomic E-state index is 5.98. The molecule has 0 unspecified atom stereocenters. The highest BCUT2D eigenvalue weighted by atomic mass is 35.5. The van der Waals surface area contributed by atoms with Crippen molar-refractivity contribution in [3.05, 3.63) is 57.8 Å². The molecular formula is C14H14Cl2N2O. The fourth-order valence-corrected chi connectivity index (χ4v) is 2.02. The summed E-state index contributed by atoms with van der Waals surface area (Å²) in [5, 5.41) is 3.85. The van der Waals surface area contributed by atoms with Crippen molar-refractivity contribution in [2.75, 3.05) is 7.05 Å². The normalized spacial score (nSPS) is 10.5. The molecule has 0 atom stereocenters. The zero-order valence-electron chi connectivity index (χ0n) is 10.5. The standard InChI is InChI=1S/C14H14Cl2N2O/c1-17-8-10-2-5-12(6-3-10)19-9-11-4-7-13(15)18-14(11)16/h2-7,17H,8-9H2,1H3. The van der Waals surface area contributed by atoms with Crippen LogP contribution in [-0.2, 0) is 13.2 Å². The van der Waals surface area contributed by atoms with E-state index < -0.39 is 0 Å². The lowest BCUT2D eigenvalue weighted by atomic mass is 10.2. The predicted molar refractivity (Wildman–Crippen MR) is 77.8 cm³/mol. The van der Waals surface area contributed by atoms with Crippen molar-refractivity contribution >= 4 is 23.2 Å². The van der Waals surface area contributed by atoms with Gasteiger partial charge in [-0.1, -0.05) is 35.3 Å². The molecule has 2 rings (SSSR count). The highest BCUT2D eigenvalue weighted by molar-refractivity contribution is 6.32. The van der Waals surface area contributed by atoms with Gasteiger partial charge in [0.15, 0.2) is 0 Å². The zero-order chi connectivity index (χ0) is 13.7. The smallest absolute Gasteiger partial charge is 0.137 e. The molecule has 0 bridgehead atoms. The molecule has 0 spiro atoms. The summed E-state index contributed by atoms with van der Waals surface area (Å²) in [4.78, 5) is 3.97. The molecule has 0 amide bonds. The summed E-state index contributed by atoms with van der Waals surface area (Å²) in [6.07, 6.45) is 0. The summed E-state index contributed by atoms with van der Waals surface area (Å²) in [5.74, 6) is 0.797. The monoisotopic (exact) mass is 296 g/mol. The number of aromatic nitrogens is 1. The molecule has 2 aromatic rings. The van der Waals surface area contributed by atoms with Gasteiger partial charge in [0.05, 0.1) is 0 Å². The van der Waals surface area contributed by atoms with Crippen LogP contribution in [0.3, 0.4) is 0 Å². The average molecular weight is 297 g/mol. The Labute approximate surface area is 122 Å². The minimum absolute atomic E-state index is 0.369. The number of ether oxygens (including phenoxy) is 1. The molecule has 1 aromatic heterocycles. The molecule has 1 heterocycles. The summed E-state index contributed by atoms with van der Waals surface area (Å²) in [6, 6.07) is 11.4. The van der Waals surface area contributed by atoms with Gasteiger partial charge in [0.25, 0.3) is 0 Å². The molecule has 5 heteroatoms. The van der Waals surface area contributed by atoms with E-state index in [1.54, 1.807) is 6.07 Å². The van der Waals surface area contributed by atoms with Crippen molar-refractivity contribution in [2.45, 2.75) is 13.2 Å². The second-order valence-corrected chi connectivity index (χ2v) is 4.79. The Morgan fingerprint density at radius 3 is 2.47 bits per heavy atom. The molecule has 0 aliphatic carbocycles. The number of hydrogen-bond acceptors (Lipinski definition) is 3. The molecule has 1 N–H and O–H groups in total. The topological polar surface area (TPSA) is 34.1 Å². The SMILES string of the molecule is CNCc1ccc(OCc2ccc(Cl)nc2Cl)cc1. The number of halogens is 2. The summed E-state index contributed by atoms with van der Waals surface area (Å²) in [5.41, 5.74) is 2.02. The number of nitrogens with one attached hydrogen (secondary N) is 1. The molecule has 0 radical (unpaired) electrons. The lowest BCUT2D eigenvalue weighted by Gasteiger charge is -2.08. The lowest BCUT2D eigenvalue weighted by Crippen LogP contribution is -2.04. The van der Waals surface area contributed by atoms with Crippen LogP contribution in [0.5, 0.6) is 5.75 Å². The van der Waals surface area contributed by atoms with E-state index in [2.05, 4.69) is 10.3 Å². The van der Waals surface area contributed by atoms with E-state index >= 15 is 0 Å². The van der Waals surface area contributed by atoms with Gasteiger partial charge in [-0.2, -0.15) is 0 Å². The molecule has 0 fully saturated rings. The number of benzene rings is 1. The number of nitrogens with zero attached hydrogens (tertiary/aromatic N) is 1. The third-order valence-corrected chi connectivity index (χ3v) is 3.13. The Hall–Kier alpha value is -1.29. The predicted octanol–water partition coefficient (Wildman–Crippen LogP) is 3.69. The summed E-state index contributed by atoms with van der Waals surface area (Å²) < 4.78 is 5.66. The first-order valence-corrected chi connectivity index (χ1v) is 6.62. The van der Waals surface area contributed by atoms with Gasteiger partial charge in [-0.3, -0.25) is 0 Å². The third-order valence-electron chi connectivity index (χ3n) is 2.59. The van der Waals surface area contributed by atoms with E-state index in [9.17, 15) is 0 Å². The minimum Gasteiger partial charge on any atom is -0.489 e. The second-order valence-electron chi connectivity index (χ2n) is 4.05. The van der Waals surface area contributed by atoms with Crippen LogP contribution in [0.15, 0.2) is 36.4 Å². The van der Waals surface area contributed by atoms with Crippen LogP contribution in [-0.4, -0.2) is 12.0 Å². The molecule has 0 aliphatic rings. The second kappa shape index (κ2) is 6.75. The first kappa shape index (κ1) is 14.1. The van der Waals surface area contributed by atoms with E-state index in [1.165, 1.54) is 5.56 Å². The Kier molecular flexibility index (Phi) is 5.02. The highest BCUT2D eigenvalue weighted by Gasteiger charge is 2.04.